The van der Waals surface area contributed by atoms with Crippen LogP contribution in [0.1, 0.15) is 48.9 Å². The molecule has 4 nitrogen and oxygen atoms in total. The van der Waals surface area contributed by atoms with E-state index in [2.05, 4.69) is 14.9 Å². The molecule has 0 aliphatic heterocycles. The van der Waals surface area contributed by atoms with Crippen molar-refractivity contribution in [1.29, 1.82) is 0 Å². The molecule has 30 heavy (non-hydrogen) atoms. The van der Waals surface area contributed by atoms with E-state index in [1.165, 1.54) is 6.07 Å². The van der Waals surface area contributed by atoms with Gasteiger partial charge in [0.1, 0.15) is 5.60 Å². The van der Waals surface area contributed by atoms with Gasteiger partial charge in [0, 0.05) is 47.5 Å². The smallest absolute Gasteiger partial charge is 0.163 e. The molecule has 1 fully saturated rings. The summed E-state index contributed by atoms with van der Waals surface area (Å²) < 4.78 is 29.4. The molecule has 0 bridgehead atoms. The van der Waals surface area contributed by atoms with Gasteiger partial charge in [0.15, 0.2) is 11.6 Å². The van der Waals surface area contributed by atoms with Gasteiger partial charge >= 0.3 is 0 Å². The predicted octanol–water partition coefficient (Wildman–Crippen LogP) is 4.61. The second-order valence-corrected chi connectivity index (χ2v) is 7.71. The lowest BCUT2D eigenvalue weighted by atomic mass is 9.75. The number of benzene rings is 1. The monoisotopic (exact) mass is 409 g/mol. The average molecular weight is 409 g/mol. The summed E-state index contributed by atoms with van der Waals surface area (Å²) in [6.07, 6.45) is 9.38. The first-order valence-electron chi connectivity index (χ1n) is 10.3. The van der Waals surface area contributed by atoms with E-state index in [1.54, 1.807) is 55.1 Å². The molecule has 4 rings (SSSR count). The van der Waals surface area contributed by atoms with Crippen LogP contribution in [0.25, 0.3) is 0 Å². The van der Waals surface area contributed by atoms with Crippen LogP contribution in [0.4, 0.5) is 8.78 Å². The largest absolute Gasteiger partial charge is 0.378 e. The molecule has 2 heterocycles. The third-order valence-electron chi connectivity index (χ3n) is 6.12. The van der Waals surface area contributed by atoms with E-state index < -0.39 is 23.3 Å². The van der Waals surface area contributed by atoms with Crippen LogP contribution in [0.3, 0.4) is 0 Å². The molecule has 1 unspecified atom stereocenters. The van der Waals surface area contributed by atoms with Crippen LogP contribution >= 0.6 is 0 Å². The summed E-state index contributed by atoms with van der Waals surface area (Å²) in [6.45, 7) is 2.56. The van der Waals surface area contributed by atoms with Gasteiger partial charge in [-0.05, 0) is 37.6 Å². The Morgan fingerprint density at radius 1 is 1.03 bits per heavy atom. The fraction of sp³-hybridized carbons (Fsp3) is 0.333. The second kappa shape index (κ2) is 8.58. The third-order valence-corrected chi connectivity index (χ3v) is 6.12. The molecule has 6 heteroatoms. The molecule has 1 aromatic carbocycles. The van der Waals surface area contributed by atoms with Crippen LogP contribution in [0.5, 0.6) is 0 Å². The minimum atomic E-state index is -1.68. The minimum absolute atomic E-state index is 0.124. The second-order valence-electron chi connectivity index (χ2n) is 7.71. The van der Waals surface area contributed by atoms with Crippen LogP contribution in [-0.2, 0) is 5.60 Å². The molecule has 1 saturated carbocycles. The number of rotatable bonds is 7. The van der Waals surface area contributed by atoms with Gasteiger partial charge in [-0.1, -0.05) is 37.6 Å². The molecule has 0 saturated heterocycles. The number of nitrogens with zero attached hydrogens (tertiary/aromatic N) is 3. The number of likely N-dealkylation sites (N-methyl/N-ethyl adjacent to an activating group) is 1. The maximum atomic E-state index is 15.2. The van der Waals surface area contributed by atoms with Gasteiger partial charge in [-0.3, -0.25) is 14.9 Å². The Hall–Kier alpha value is -2.70. The minimum Gasteiger partial charge on any atom is -0.378 e. The molecule has 1 N–H and O–H groups in total. The quantitative estimate of drug-likeness (QED) is 0.619. The first kappa shape index (κ1) is 20.6. The van der Waals surface area contributed by atoms with E-state index in [0.29, 0.717) is 17.7 Å². The van der Waals surface area contributed by atoms with Crippen molar-refractivity contribution in [3.63, 3.8) is 0 Å². The average Bonchev–Trinajstić information content (AvgIpc) is 2.75. The van der Waals surface area contributed by atoms with E-state index in [9.17, 15) is 9.50 Å². The number of aliphatic hydroxyl groups is 1. The van der Waals surface area contributed by atoms with Gasteiger partial charge in [-0.25, -0.2) is 8.78 Å². The van der Waals surface area contributed by atoms with Gasteiger partial charge in [0.25, 0.3) is 0 Å². The van der Waals surface area contributed by atoms with Crippen molar-refractivity contribution in [3.05, 3.63) is 95.6 Å². The summed E-state index contributed by atoms with van der Waals surface area (Å²) in [5, 5.41) is 12.3. The highest BCUT2D eigenvalue weighted by atomic mass is 19.2. The molecule has 1 aliphatic carbocycles. The Morgan fingerprint density at radius 3 is 2.13 bits per heavy atom. The fourth-order valence-electron chi connectivity index (χ4n) is 4.40. The number of aromatic nitrogens is 2. The van der Waals surface area contributed by atoms with Crippen LogP contribution in [0.2, 0.25) is 0 Å². The van der Waals surface area contributed by atoms with Crippen molar-refractivity contribution in [2.75, 3.05) is 6.54 Å². The van der Waals surface area contributed by atoms with Gasteiger partial charge < -0.3 is 5.11 Å². The lowest BCUT2D eigenvalue weighted by molar-refractivity contribution is -0.0538. The summed E-state index contributed by atoms with van der Waals surface area (Å²) in [5.41, 5.74) is -0.546. The van der Waals surface area contributed by atoms with Crippen molar-refractivity contribution in [3.8, 4) is 0 Å². The summed E-state index contributed by atoms with van der Waals surface area (Å²) in [4.78, 5) is 10.5. The van der Waals surface area contributed by atoms with Crippen molar-refractivity contribution >= 4 is 0 Å². The lowest BCUT2D eigenvalue weighted by Gasteiger charge is -2.49. The Bertz CT molecular complexity index is 941. The molecule has 3 aromatic rings. The van der Waals surface area contributed by atoms with E-state index in [-0.39, 0.29) is 11.6 Å². The SMILES string of the molecule is CCN(C1CCC1)C(c1cccc(F)c1F)C(O)(c1cccnc1)c1cccnc1. The van der Waals surface area contributed by atoms with Crippen LogP contribution < -0.4 is 0 Å². The summed E-state index contributed by atoms with van der Waals surface area (Å²) in [7, 11) is 0. The molecule has 156 valence electrons. The highest BCUT2D eigenvalue weighted by Crippen LogP contribution is 2.47. The Morgan fingerprint density at radius 2 is 1.67 bits per heavy atom. The number of hydrogen-bond donors (Lipinski definition) is 1. The van der Waals surface area contributed by atoms with Gasteiger partial charge in [-0.2, -0.15) is 0 Å². The number of halogens is 2. The predicted molar refractivity (Wildman–Crippen MR) is 111 cm³/mol. The fourth-order valence-corrected chi connectivity index (χ4v) is 4.40. The van der Waals surface area contributed by atoms with Crippen LogP contribution in [0, 0.1) is 11.6 Å². The number of hydrogen-bond acceptors (Lipinski definition) is 4. The number of pyridine rings is 2. The molecule has 0 radical (unpaired) electrons. The highest BCUT2D eigenvalue weighted by Gasteiger charge is 2.48. The van der Waals surface area contributed by atoms with E-state index in [0.717, 1.165) is 25.3 Å². The van der Waals surface area contributed by atoms with E-state index in [4.69, 9.17) is 0 Å². The van der Waals surface area contributed by atoms with Crippen LogP contribution in [0.15, 0.2) is 67.3 Å². The molecule has 1 aliphatic rings. The van der Waals surface area contributed by atoms with Crippen molar-refractivity contribution in [2.24, 2.45) is 0 Å². The first-order valence-corrected chi connectivity index (χ1v) is 10.3. The summed E-state index contributed by atoms with van der Waals surface area (Å²) in [6, 6.07) is 10.5. The zero-order valence-corrected chi connectivity index (χ0v) is 16.9. The highest BCUT2D eigenvalue weighted by molar-refractivity contribution is 5.40. The summed E-state index contributed by atoms with van der Waals surface area (Å²) in [5.74, 6) is -1.87. The molecule has 0 amide bonds. The molecule has 2 aromatic heterocycles. The van der Waals surface area contributed by atoms with Crippen LogP contribution in [-0.4, -0.2) is 32.6 Å². The van der Waals surface area contributed by atoms with Gasteiger partial charge in [-0.15, -0.1) is 0 Å². The Balaban J connectivity index is 1.99. The normalized spacial score (nSPS) is 15.8. The Labute approximate surface area is 175 Å². The summed E-state index contributed by atoms with van der Waals surface area (Å²) >= 11 is 0. The van der Waals surface area contributed by atoms with Gasteiger partial charge in [0.05, 0.1) is 6.04 Å². The molecular weight excluding hydrogens is 384 g/mol. The lowest BCUT2D eigenvalue weighted by Crippen LogP contribution is -2.51. The zero-order chi connectivity index (χ0) is 21.1. The molecule has 0 spiro atoms. The zero-order valence-electron chi connectivity index (χ0n) is 16.9. The van der Waals surface area contributed by atoms with Crippen molar-refractivity contribution in [2.45, 2.75) is 43.9 Å². The molecular formula is C24H25F2N3O. The van der Waals surface area contributed by atoms with Crippen molar-refractivity contribution < 1.29 is 13.9 Å². The topological polar surface area (TPSA) is 49.2 Å². The first-order chi connectivity index (χ1) is 14.6. The van der Waals surface area contributed by atoms with Gasteiger partial charge in [0.2, 0.25) is 0 Å². The third kappa shape index (κ3) is 3.50. The van der Waals surface area contributed by atoms with E-state index >= 15 is 4.39 Å². The maximum absolute atomic E-state index is 15.2. The van der Waals surface area contributed by atoms with E-state index in [1.807, 2.05) is 6.92 Å². The maximum Gasteiger partial charge on any atom is 0.163 e. The standard InChI is InChI=1S/C24H25F2N3O/c1-2-29(19-9-3-10-19)23(20-11-4-12-21(25)22(20)26)24(30,17-7-5-13-27-15-17)18-8-6-14-28-16-18/h4-8,11-16,19,23,30H,2-3,9-10H2,1H3. The Kier molecular flexibility index (Phi) is 5.88. The molecule has 1 atom stereocenters. The van der Waals surface area contributed by atoms with Crippen molar-refractivity contribution in [1.82, 2.24) is 14.9 Å².